The summed E-state index contributed by atoms with van der Waals surface area (Å²) in [5.74, 6) is 0. The number of likely N-dealkylation sites (tertiary alicyclic amines) is 1. The second kappa shape index (κ2) is 7.03. The molecule has 0 bridgehead atoms. The number of hydrogen-bond donors (Lipinski definition) is 1. The number of hydrogen-bond acceptors (Lipinski definition) is 3. The predicted octanol–water partition coefficient (Wildman–Crippen LogP) is 2.75. The molecule has 1 fully saturated rings. The van der Waals surface area contributed by atoms with Crippen LogP contribution in [0, 0.1) is 20.8 Å². The van der Waals surface area contributed by atoms with Crippen LogP contribution in [0.2, 0.25) is 0 Å². The third kappa shape index (κ3) is 3.58. The molecule has 1 N–H and O–H groups in total. The van der Waals surface area contributed by atoms with E-state index in [2.05, 4.69) is 48.3 Å². The average molecular weight is 327 g/mol. The lowest BCUT2D eigenvalue weighted by Crippen LogP contribution is -2.44. The summed E-state index contributed by atoms with van der Waals surface area (Å²) < 4.78 is 1.90. The summed E-state index contributed by atoms with van der Waals surface area (Å²) in [6.07, 6.45) is 5.15. The molecule has 3 rings (SSSR count). The van der Waals surface area contributed by atoms with Gasteiger partial charge in [0.1, 0.15) is 12.7 Å². The SMILES string of the molecule is Cc1cc(C)c(CNC(=O)N2CCC(n3cncn3)CC2)c(C)c1. The van der Waals surface area contributed by atoms with Gasteiger partial charge in [-0.2, -0.15) is 5.10 Å². The number of aromatic nitrogens is 3. The predicted molar refractivity (Wildman–Crippen MR) is 92.8 cm³/mol. The van der Waals surface area contributed by atoms with Gasteiger partial charge < -0.3 is 10.2 Å². The van der Waals surface area contributed by atoms with Crippen LogP contribution in [0.3, 0.4) is 0 Å². The molecule has 0 spiro atoms. The van der Waals surface area contributed by atoms with E-state index in [0.717, 1.165) is 25.9 Å². The molecule has 6 nitrogen and oxygen atoms in total. The Kier molecular flexibility index (Phi) is 4.83. The van der Waals surface area contributed by atoms with Crippen molar-refractivity contribution in [2.75, 3.05) is 13.1 Å². The third-order valence-corrected chi connectivity index (χ3v) is 4.82. The Morgan fingerprint density at radius 2 is 1.88 bits per heavy atom. The van der Waals surface area contributed by atoms with E-state index < -0.39 is 0 Å². The standard InChI is InChI=1S/C18H25N5O/c1-13-8-14(2)17(15(3)9-13)10-20-18(24)22-6-4-16(5-7-22)23-12-19-11-21-23/h8-9,11-12,16H,4-7,10H2,1-3H3,(H,20,24). The van der Waals surface area contributed by atoms with Crippen LogP contribution in [0.25, 0.3) is 0 Å². The van der Waals surface area contributed by atoms with Gasteiger partial charge in [-0.25, -0.2) is 14.5 Å². The Hall–Kier alpha value is -2.37. The number of piperidine rings is 1. The molecule has 2 amide bonds. The molecule has 2 aromatic rings. The normalized spacial score (nSPS) is 15.5. The van der Waals surface area contributed by atoms with Gasteiger partial charge in [0.2, 0.25) is 0 Å². The minimum absolute atomic E-state index is 0.0198. The van der Waals surface area contributed by atoms with Gasteiger partial charge >= 0.3 is 6.03 Å². The van der Waals surface area contributed by atoms with E-state index in [-0.39, 0.29) is 6.03 Å². The lowest BCUT2D eigenvalue weighted by molar-refractivity contribution is 0.168. The minimum Gasteiger partial charge on any atom is -0.334 e. The maximum Gasteiger partial charge on any atom is 0.317 e. The Labute approximate surface area is 142 Å². The van der Waals surface area contributed by atoms with Crippen molar-refractivity contribution in [2.45, 2.75) is 46.2 Å². The van der Waals surface area contributed by atoms with Gasteiger partial charge in [-0.1, -0.05) is 17.7 Å². The first-order chi connectivity index (χ1) is 11.5. The van der Waals surface area contributed by atoms with Crippen molar-refractivity contribution >= 4 is 6.03 Å². The molecule has 0 aliphatic carbocycles. The summed E-state index contributed by atoms with van der Waals surface area (Å²) in [5, 5.41) is 7.27. The van der Waals surface area contributed by atoms with Gasteiger partial charge in [0.25, 0.3) is 0 Å². The van der Waals surface area contributed by atoms with E-state index >= 15 is 0 Å². The summed E-state index contributed by atoms with van der Waals surface area (Å²) in [6.45, 7) is 8.39. The third-order valence-electron chi connectivity index (χ3n) is 4.82. The molecule has 1 aliphatic rings. The van der Waals surface area contributed by atoms with E-state index in [4.69, 9.17) is 0 Å². The van der Waals surface area contributed by atoms with Crippen LogP contribution in [0.4, 0.5) is 4.79 Å². The molecule has 1 aliphatic heterocycles. The van der Waals surface area contributed by atoms with Gasteiger partial charge in [0.15, 0.2) is 0 Å². The number of urea groups is 1. The lowest BCUT2D eigenvalue weighted by atomic mass is 10.00. The first-order valence-electron chi connectivity index (χ1n) is 8.48. The number of rotatable bonds is 3. The molecule has 1 saturated heterocycles. The van der Waals surface area contributed by atoms with E-state index in [9.17, 15) is 4.79 Å². The number of amides is 2. The summed E-state index contributed by atoms with van der Waals surface area (Å²) in [6, 6.07) is 4.69. The van der Waals surface area contributed by atoms with Crippen LogP contribution in [-0.4, -0.2) is 38.8 Å². The zero-order valence-electron chi connectivity index (χ0n) is 14.6. The molecular formula is C18H25N5O. The number of nitrogens with zero attached hydrogens (tertiary/aromatic N) is 4. The molecule has 1 aromatic carbocycles. The maximum absolute atomic E-state index is 12.4. The van der Waals surface area contributed by atoms with Crippen molar-refractivity contribution in [1.29, 1.82) is 0 Å². The lowest BCUT2D eigenvalue weighted by Gasteiger charge is -2.32. The largest absolute Gasteiger partial charge is 0.334 e. The van der Waals surface area contributed by atoms with Gasteiger partial charge in [-0.3, -0.25) is 0 Å². The number of aryl methyl sites for hydroxylation is 3. The van der Waals surface area contributed by atoms with E-state index in [1.807, 2.05) is 9.58 Å². The fourth-order valence-corrected chi connectivity index (χ4v) is 3.50. The Bertz CT molecular complexity index is 679. The van der Waals surface area contributed by atoms with Crippen molar-refractivity contribution in [3.8, 4) is 0 Å². The van der Waals surface area contributed by atoms with Crippen molar-refractivity contribution < 1.29 is 4.79 Å². The van der Waals surface area contributed by atoms with Crippen molar-refractivity contribution in [3.63, 3.8) is 0 Å². The van der Waals surface area contributed by atoms with Crippen LogP contribution in [0.15, 0.2) is 24.8 Å². The smallest absolute Gasteiger partial charge is 0.317 e. The highest BCUT2D eigenvalue weighted by molar-refractivity contribution is 5.74. The monoisotopic (exact) mass is 327 g/mol. The van der Waals surface area contributed by atoms with E-state index in [0.29, 0.717) is 12.6 Å². The quantitative estimate of drug-likeness (QED) is 0.943. The fourth-order valence-electron chi connectivity index (χ4n) is 3.50. The maximum atomic E-state index is 12.4. The zero-order valence-corrected chi connectivity index (χ0v) is 14.6. The highest BCUT2D eigenvalue weighted by Gasteiger charge is 2.24. The van der Waals surface area contributed by atoms with Crippen LogP contribution in [0.5, 0.6) is 0 Å². The van der Waals surface area contributed by atoms with Crippen molar-refractivity contribution in [2.24, 2.45) is 0 Å². The Balaban J connectivity index is 1.53. The first kappa shape index (κ1) is 16.5. The number of carbonyl (C=O) groups excluding carboxylic acids is 1. The number of benzene rings is 1. The van der Waals surface area contributed by atoms with E-state index in [1.54, 1.807) is 12.7 Å². The first-order valence-corrected chi connectivity index (χ1v) is 8.48. The minimum atomic E-state index is 0.0198. The highest BCUT2D eigenvalue weighted by Crippen LogP contribution is 2.21. The highest BCUT2D eigenvalue weighted by atomic mass is 16.2. The molecule has 1 aromatic heterocycles. The molecule has 128 valence electrons. The molecule has 0 saturated carbocycles. The second-order valence-electron chi connectivity index (χ2n) is 6.63. The van der Waals surface area contributed by atoms with Crippen molar-refractivity contribution in [1.82, 2.24) is 25.0 Å². The molecule has 0 unspecified atom stereocenters. The average Bonchev–Trinajstić information content (AvgIpc) is 3.08. The molecule has 2 heterocycles. The molecule has 0 atom stereocenters. The second-order valence-corrected chi connectivity index (χ2v) is 6.63. The number of nitrogens with one attached hydrogen (secondary N) is 1. The van der Waals surface area contributed by atoms with Gasteiger partial charge in [0, 0.05) is 19.6 Å². The Morgan fingerprint density at radius 3 is 2.46 bits per heavy atom. The summed E-state index contributed by atoms with van der Waals surface area (Å²) in [4.78, 5) is 18.3. The Morgan fingerprint density at radius 1 is 1.21 bits per heavy atom. The van der Waals surface area contributed by atoms with Crippen LogP contribution in [-0.2, 0) is 6.54 Å². The molecule has 24 heavy (non-hydrogen) atoms. The van der Waals surface area contributed by atoms with Crippen molar-refractivity contribution in [3.05, 3.63) is 47.0 Å². The number of carbonyl (C=O) groups is 1. The fraction of sp³-hybridized carbons (Fsp3) is 0.500. The summed E-state index contributed by atoms with van der Waals surface area (Å²) in [5.41, 5.74) is 4.94. The van der Waals surface area contributed by atoms with Gasteiger partial charge in [-0.05, 0) is 50.3 Å². The molecule has 0 radical (unpaired) electrons. The summed E-state index contributed by atoms with van der Waals surface area (Å²) in [7, 11) is 0. The topological polar surface area (TPSA) is 63.1 Å². The van der Waals surface area contributed by atoms with Crippen LogP contribution >= 0.6 is 0 Å². The van der Waals surface area contributed by atoms with Crippen LogP contribution in [0.1, 0.15) is 41.1 Å². The van der Waals surface area contributed by atoms with Crippen LogP contribution < -0.4 is 5.32 Å². The van der Waals surface area contributed by atoms with E-state index in [1.165, 1.54) is 22.3 Å². The molecule has 6 heteroatoms. The van der Waals surface area contributed by atoms with Gasteiger partial charge in [0.05, 0.1) is 6.04 Å². The summed E-state index contributed by atoms with van der Waals surface area (Å²) >= 11 is 0. The van der Waals surface area contributed by atoms with Gasteiger partial charge in [-0.15, -0.1) is 0 Å². The molecular weight excluding hydrogens is 302 g/mol. The zero-order chi connectivity index (χ0) is 17.1.